The van der Waals surface area contributed by atoms with Crippen molar-refractivity contribution in [1.82, 2.24) is 5.32 Å². The molecule has 2 aromatic rings. The smallest absolute Gasteiger partial charge is 0.0576 e. The summed E-state index contributed by atoms with van der Waals surface area (Å²) in [5.74, 6) is 0. The molecule has 1 nitrogen and oxygen atoms in total. The monoisotopic (exact) mass is 393 g/mol. The van der Waals surface area contributed by atoms with Crippen LogP contribution < -0.4 is 5.32 Å². The lowest BCUT2D eigenvalue weighted by atomic mass is 9.86. The van der Waals surface area contributed by atoms with Crippen LogP contribution in [0.2, 0.25) is 0 Å². The summed E-state index contributed by atoms with van der Waals surface area (Å²) in [6.07, 6.45) is 0. The molecule has 21 heavy (non-hydrogen) atoms. The van der Waals surface area contributed by atoms with Crippen LogP contribution in [0.15, 0.2) is 48.5 Å². The van der Waals surface area contributed by atoms with Crippen LogP contribution in [-0.2, 0) is 5.41 Å². The predicted molar refractivity (Wildman–Crippen MR) is 99.8 cm³/mol. The minimum atomic E-state index is 0.203. The molecule has 1 unspecified atom stereocenters. The Morgan fingerprint density at radius 1 is 0.905 bits per heavy atom. The Kier molecular flexibility index (Phi) is 5.44. The van der Waals surface area contributed by atoms with Crippen molar-refractivity contribution in [2.24, 2.45) is 0 Å². The highest BCUT2D eigenvalue weighted by Crippen LogP contribution is 2.27. The predicted octanol–water partition coefficient (Wildman–Crippen LogP) is 5.29. The van der Waals surface area contributed by atoms with Crippen molar-refractivity contribution >= 4 is 22.6 Å². The maximum atomic E-state index is 3.59. The second-order valence-corrected chi connectivity index (χ2v) is 7.66. The van der Waals surface area contributed by atoms with Crippen LogP contribution in [0.1, 0.15) is 50.4 Å². The van der Waals surface area contributed by atoms with Crippen LogP contribution in [0.25, 0.3) is 0 Å². The third-order valence-corrected chi connectivity index (χ3v) is 4.44. The average molecular weight is 393 g/mol. The minimum Gasteiger partial charge on any atom is -0.307 e. The molecule has 2 rings (SSSR count). The van der Waals surface area contributed by atoms with E-state index >= 15 is 0 Å². The molecule has 0 heterocycles. The average Bonchev–Trinajstić information content (AvgIpc) is 2.45. The fourth-order valence-electron chi connectivity index (χ4n) is 2.46. The summed E-state index contributed by atoms with van der Waals surface area (Å²) in [4.78, 5) is 0. The highest BCUT2D eigenvalue weighted by Gasteiger charge is 2.16. The van der Waals surface area contributed by atoms with Gasteiger partial charge in [-0.05, 0) is 63.4 Å². The van der Waals surface area contributed by atoms with E-state index in [4.69, 9.17) is 0 Å². The second-order valence-electron chi connectivity index (χ2n) is 6.41. The summed E-state index contributed by atoms with van der Waals surface area (Å²) in [6, 6.07) is 18.1. The molecule has 0 spiro atoms. The molecule has 1 N–H and O–H groups in total. The Hall–Kier alpha value is -0.870. The maximum absolute atomic E-state index is 3.59. The zero-order valence-corrected chi connectivity index (χ0v) is 15.4. The first kappa shape index (κ1) is 16.5. The Morgan fingerprint density at radius 2 is 1.38 bits per heavy atom. The normalized spacial score (nSPS) is 13.2. The molecule has 112 valence electrons. The van der Waals surface area contributed by atoms with Crippen molar-refractivity contribution in [3.8, 4) is 0 Å². The van der Waals surface area contributed by atoms with Gasteiger partial charge in [-0.15, -0.1) is 0 Å². The summed E-state index contributed by atoms with van der Waals surface area (Å²) < 4.78 is 1.27. The van der Waals surface area contributed by atoms with Gasteiger partial charge in [0.15, 0.2) is 0 Å². The summed E-state index contributed by atoms with van der Waals surface area (Å²) in [7, 11) is 0. The summed E-state index contributed by atoms with van der Waals surface area (Å²) >= 11 is 2.35. The van der Waals surface area contributed by atoms with Gasteiger partial charge < -0.3 is 5.32 Å². The first-order chi connectivity index (χ1) is 9.91. The van der Waals surface area contributed by atoms with E-state index in [9.17, 15) is 0 Å². The highest BCUT2D eigenvalue weighted by molar-refractivity contribution is 14.1. The maximum Gasteiger partial charge on any atom is 0.0576 e. The zero-order valence-electron chi connectivity index (χ0n) is 13.3. The molecular weight excluding hydrogens is 369 g/mol. The van der Waals surface area contributed by atoms with Gasteiger partial charge in [0.25, 0.3) is 0 Å². The molecular formula is C19H24IN. The number of hydrogen-bond donors (Lipinski definition) is 1. The van der Waals surface area contributed by atoms with Crippen LogP contribution >= 0.6 is 22.6 Å². The first-order valence-electron chi connectivity index (χ1n) is 7.51. The molecule has 0 saturated heterocycles. The Labute approximate surface area is 142 Å². The highest BCUT2D eigenvalue weighted by atomic mass is 127. The SMILES string of the molecule is CCNC(c1ccc(I)cc1)c1ccc(C(C)(C)C)cc1. The van der Waals surface area contributed by atoms with E-state index in [1.54, 1.807) is 0 Å². The Balaban J connectivity index is 2.32. The van der Waals surface area contributed by atoms with Crippen molar-refractivity contribution in [3.05, 3.63) is 68.8 Å². The van der Waals surface area contributed by atoms with Crippen molar-refractivity contribution < 1.29 is 0 Å². The Morgan fingerprint density at radius 3 is 1.81 bits per heavy atom. The van der Waals surface area contributed by atoms with Gasteiger partial charge in [0, 0.05) is 3.57 Å². The molecule has 0 fully saturated rings. The van der Waals surface area contributed by atoms with Gasteiger partial charge in [-0.1, -0.05) is 64.1 Å². The lowest BCUT2D eigenvalue weighted by molar-refractivity contribution is 0.587. The molecule has 0 amide bonds. The molecule has 0 aliphatic carbocycles. The number of rotatable bonds is 4. The van der Waals surface area contributed by atoms with Crippen molar-refractivity contribution in [3.63, 3.8) is 0 Å². The van der Waals surface area contributed by atoms with Gasteiger partial charge in [-0.3, -0.25) is 0 Å². The van der Waals surface area contributed by atoms with E-state index < -0.39 is 0 Å². The van der Waals surface area contributed by atoms with Gasteiger partial charge >= 0.3 is 0 Å². The van der Waals surface area contributed by atoms with E-state index in [1.807, 2.05) is 0 Å². The molecule has 2 aromatic carbocycles. The lowest BCUT2D eigenvalue weighted by Crippen LogP contribution is -2.22. The second kappa shape index (κ2) is 6.93. The number of hydrogen-bond acceptors (Lipinski definition) is 1. The van der Waals surface area contributed by atoms with Crippen LogP contribution in [0.5, 0.6) is 0 Å². The Bertz CT molecular complexity index is 564. The molecule has 0 aliphatic rings. The van der Waals surface area contributed by atoms with Crippen LogP contribution in [0.4, 0.5) is 0 Å². The summed E-state index contributed by atoms with van der Waals surface area (Å²) in [5.41, 5.74) is 4.23. The molecule has 0 saturated carbocycles. The number of halogens is 1. The van der Waals surface area contributed by atoms with Crippen LogP contribution in [0.3, 0.4) is 0 Å². The minimum absolute atomic E-state index is 0.203. The van der Waals surface area contributed by atoms with E-state index in [2.05, 4.69) is 104 Å². The summed E-state index contributed by atoms with van der Waals surface area (Å²) in [5, 5.41) is 3.59. The number of benzene rings is 2. The quantitative estimate of drug-likeness (QED) is 0.697. The molecule has 0 radical (unpaired) electrons. The van der Waals surface area contributed by atoms with E-state index in [1.165, 1.54) is 20.3 Å². The van der Waals surface area contributed by atoms with Gasteiger partial charge in [0.1, 0.15) is 0 Å². The molecule has 2 heteroatoms. The fourth-order valence-corrected chi connectivity index (χ4v) is 2.82. The van der Waals surface area contributed by atoms with E-state index in [0.717, 1.165) is 6.54 Å². The van der Waals surface area contributed by atoms with Gasteiger partial charge in [-0.2, -0.15) is 0 Å². The first-order valence-corrected chi connectivity index (χ1v) is 8.59. The molecule has 1 atom stereocenters. The van der Waals surface area contributed by atoms with Crippen molar-refractivity contribution in [1.29, 1.82) is 0 Å². The molecule has 0 bridgehead atoms. The summed E-state index contributed by atoms with van der Waals surface area (Å²) in [6.45, 7) is 9.87. The standard InChI is InChI=1S/C19H24IN/c1-5-21-18(15-8-12-17(20)13-9-15)14-6-10-16(11-7-14)19(2,3)4/h6-13,18,21H,5H2,1-4H3. The molecule has 0 aliphatic heterocycles. The van der Waals surface area contributed by atoms with E-state index in [0.29, 0.717) is 0 Å². The number of nitrogens with one attached hydrogen (secondary N) is 1. The third-order valence-electron chi connectivity index (χ3n) is 3.72. The van der Waals surface area contributed by atoms with Crippen molar-refractivity contribution in [2.75, 3.05) is 6.54 Å². The largest absolute Gasteiger partial charge is 0.307 e. The van der Waals surface area contributed by atoms with Crippen LogP contribution in [-0.4, -0.2) is 6.54 Å². The van der Waals surface area contributed by atoms with Crippen LogP contribution in [0, 0.1) is 3.57 Å². The van der Waals surface area contributed by atoms with Crippen molar-refractivity contribution in [2.45, 2.75) is 39.2 Å². The van der Waals surface area contributed by atoms with Gasteiger partial charge in [0.2, 0.25) is 0 Å². The topological polar surface area (TPSA) is 12.0 Å². The lowest BCUT2D eigenvalue weighted by Gasteiger charge is -2.22. The zero-order chi connectivity index (χ0) is 15.5. The fraction of sp³-hybridized carbons (Fsp3) is 0.368. The van der Waals surface area contributed by atoms with Gasteiger partial charge in [-0.25, -0.2) is 0 Å². The van der Waals surface area contributed by atoms with Gasteiger partial charge in [0.05, 0.1) is 6.04 Å². The van der Waals surface area contributed by atoms with E-state index in [-0.39, 0.29) is 11.5 Å². The molecule has 0 aromatic heterocycles. The third kappa shape index (κ3) is 4.30.